The van der Waals surface area contributed by atoms with Crippen LogP contribution >= 0.6 is 0 Å². The summed E-state index contributed by atoms with van der Waals surface area (Å²) >= 11 is 0. The molecule has 0 aromatic heterocycles. The highest BCUT2D eigenvalue weighted by atomic mass is 16.6. The van der Waals surface area contributed by atoms with E-state index in [1.807, 2.05) is 20.8 Å². The molecule has 1 unspecified atom stereocenters. The van der Waals surface area contributed by atoms with E-state index in [4.69, 9.17) is 9.47 Å². The first-order valence-electron chi connectivity index (χ1n) is 11.4. The van der Waals surface area contributed by atoms with Crippen molar-refractivity contribution in [2.24, 2.45) is 23.7 Å². The summed E-state index contributed by atoms with van der Waals surface area (Å²) in [5.74, 6) is -1.06. The molecule has 1 heterocycles. The van der Waals surface area contributed by atoms with Gasteiger partial charge < -0.3 is 24.8 Å². The van der Waals surface area contributed by atoms with Crippen molar-refractivity contribution in [3.05, 3.63) is 11.6 Å². The third kappa shape index (κ3) is 5.06. The van der Waals surface area contributed by atoms with Gasteiger partial charge in [0.15, 0.2) is 0 Å². The Hall–Kier alpha value is -1.44. The second-order valence-corrected chi connectivity index (χ2v) is 9.37. The Morgan fingerprint density at radius 2 is 2.00 bits per heavy atom. The quantitative estimate of drug-likeness (QED) is 0.442. The lowest BCUT2D eigenvalue weighted by atomic mass is 9.62. The molecule has 1 saturated carbocycles. The molecule has 0 radical (unpaired) electrons. The molecular weight excluding hydrogens is 388 g/mol. The van der Waals surface area contributed by atoms with Gasteiger partial charge in [-0.1, -0.05) is 26.8 Å². The fourth-order valence-corrected chi connectivity index (χ4v) is 5.20. The fraction of sp³-hybridized carbons (Fsp3) is 0.826. The summed E-state index contributed by atoms with van der Waals surface area (Å²) in [5, 5.41) is 31.1. The summed E-state index contributed by atoms with van der Waals surface area (Å²) in [6, 6.07) is 0. The first-order chi connectivity index (χ1) is 14.2. The van der Waals surface area contributed by atoms with Gasteiger partial charge in [-0.15, -0.1) is 0 Å². The molecule has 30 heavy (non-hydrogen) atoms. The lowest BCUT2D eigenvalue weighted by Gasteiger charge is -2.47. The first kappa shape index (κ1) is 23.2. The van der Waals surface area contributed by atoms with E-state index in [1.54, 1.807) is 6.08 Å². The van der Waals surface area contributed by atoms with Crippen molar-refractivity contribution in [2.45, 2.75) is 96.2 Å². The third-order valence-electron chi connectivity index (χ3n) is 7.27. The van der Waals surface area contributed by atoms with E-state index >= 15 is 0 Å². The van der Waals surface area contributed by atoms with Crippen LogP contribution in [0.5, 0.6) is 0 Å². The van der Waals surface area contributed by atoms with Crippen LogP contribution in [-0.2, 0) is 19.1 Å². The summed E-state index contributed by atoms with van der Waals surface area (Å²) in [6.45, 7) is 5.77. The predicted molar refractivity (Wildman–Crippen MR) is 109 cm³/mol. The molecule has 3 rings (SSSR count). The van der Waals surface area contributed by atoms with Crippen LogP contribution in [0.15, 0.2) is 11.6 Å². The Labute approximate surface area is 178 Å². The van der Waals surface area contributed by atoms with Crippen molar-refractivity contribution in [1.29, 1.82) is 0 Å². The van der Waals surface area contributed by atoms with Crippen LogP contribution in [0.4, 0.5) is 0 Å². The molecule has 7 nitrogen and oxygen atoms in total. The van der Waals surface area contributed by atoms with Gasteiger partial charge in [0.25, 0.3) is 0 Å². The van der Waals surface area contributed by atoms with Gasteiger partial charge in [0.05, 0.1) is 30.7 Å². The van der Waals surface area contributed by atoms with Gasteiger partial charge in [-0.3, -0.25) is 9.59 Å². The third-order valence-corrected chi connectivity index (χ3v) is 7.27. The zero-order valence-corrected chi connectivity index (χ0v) is 18.2. The van der Waals surface area contributed by atoms with Crippen LogP contribution in [-0.4, -0.2) is 57.8 Å². The maximum Gasteiger partial charge on any atom is 0.308 e. The number of hydrogen-bond donors (Lipinski definition) is 3. The number of hydrogen-bond acceptors (Lipinski definition) is 7. The minimum atomic E-state index is -0.681. The zero-order chi connectivity index (χ0) is 22.0. The Bertz CT molecular complexity index is 660. The molecule has 7 heteroatoms. The minimum absolute atomic E-state index is 0.0255. The molecule has 3 N–H and O–H groups in total. The van der Waals surface area contributed by atoms with Crippen LogP contribution in [0.25, 0.3) is 0 Å². The second-order valence-electron chi connectivity index (χ2n) is 9.37. The number of esters is 2. The van der Waals surface area contributed by atoms with Crippen LogP contribution < -0.4 is 0 Å². The molecule has 0 aromatic carbocycles. The molecule has 170 valence electrons. The topological polar surface area (TPSA) is 113 Å². The molecule has 2 aliphatic carbocycles. The smallest absolute Gasteiger partial charge is 0.308 e. The number of rotatable bonds is 6. The van der Waals surface area contributed by atoms with Crippen LogP contribution in [0.3, 0.4) is 0 Å². The Morgan fingerprint density at radius 1 is 1.27 bits per heavy atom. The highest BCUT2D eigenvalue weighted by Gasteiger charge is 2.47. The van der Waals surface area contributed by atoms with Crippen LogP contribution in [0.1, 0.15) is 65.7 Å². The molecule has 3 aliphatic rings. The van der Waals surface area contributed by atoms with Gasteiger partial charge in [-0.2, -0.15) is 0 Å². The molecule has 9 atom stereocenters. The van der Waals surface area contributed by atoms with E-state index in [2.05, 4.69) is 0 Å². The Balaban J connectivity index is 1.77. The number of aliphatic hydroxyl groups excluding tert-OH is 3. The SMILES string of the molecule is CC[C@H](C)C(=O)O[C@H]1CC[C@H](O)C2=C[C@@H](O)[C@H](C)[C@H](CCC3C[C@@H](O)CC(=O)O3)[C@H]21. The standard InChI is InChI=1S/C23H36O7/c1-4-12(2)23(28)30-20-8-7-18(25)17-11-19(26)13(3)16(22(17)20)6-5-15-9-14(24)10-21(27)29-15/h11-16,18-20,22,24-26H,4-10H2,1-3H3/t12-,13+,14+,15?,16-,18-,19+,20-,22+/m0/s1. The van der Waals surface area contributed by atoms with Crippen molar-refractivity contribution in [3.8, 4) is 0 Å². The van der Waals surface area contributed by atoms with Crippen molar-refractivity contribution in [2.75, 3.05) is 0 Å². The first-order valence-corrected chi connectivity index (χ1v) is 11.4. The number of cyclic esters (lactones) is 1. The molecule has 1 aliphatic heterocycles. The Morgan fingerprint density at radius 3 is 2.67 bits per heavy atom. The van der Waals surface area contributed by atoms with Gasteiger partial charge in [-0.25, -0.2) is 0 Å². The maximum absolute atomic E-state index is 12.5. The zero-order valence-electron chi connectivity index (χ0n) is 18.2. The lowest BCUT2D eigenvalue weighted by Crippen LogP contribution is -2.48. The van der Waals surface area contributed by atoms with E-state index < -0.39 is 18.3 Å². The van der Waals surface area contributed by atoms with Crippen molar-refractivity contribution in [3.63, 3.8) is 0 Å². The monoisotopic (exact) mass is 424 g/mol. The normalized spacial score (nSPS) is 40.1. The number of fused-ring (bicyclic) bond motifs is 1. The average Bonchev–Trinajstić information content (AvgIpc) is 2.69. The van der Waals surface area contributed by atoms with Crippen molar-refractivity contribution in [1.82, 2.24) is 0 Å². The molecule has 0 aromatic rings. The van der Waals surface area contributed by atoms with Gasteiger partial charge in [0.2, 0.25) is 0 Å². The van der Waals surface area contributed by atoms with Crippen molar-refractivity contribution < 1.29 is 34.4 Å². The summed E-state index contributed by atoms with van der Waals surface area (Å²) in [7, 11) is 0. The summed E-state index contributed by atoms with van der Waals surface area (Å²) < 4.78 is 11.3. The second kappa shape index (κ2) is 9.79. The van der Waals surface area contributed by atoms with Crippen LogP contribution in [0.2, 0.25) is 0 Å². The number of carbonyl (C=O) groups excluding carboxylic acids is 2. The van der Waals surface area contributed by atoms with Gasteiger partial charge in [-0.05, 0) is 49.5 Å². The predicted octanol–water partition coefficient (Wildman–Crippen LogP) is 2.12. The van der Waals surface area contributed by atoms with E-state index in [1.165, 1.54) is 0 Å². The van der Waals surface area contributed by atoms with Gasteiger partial charge in [0, 0.05) is 12.3 Å². The largest absolute Gasteiger partial charge is 0.462 e. The Kier molecular flexibility index (Phi) is 7.58. The molecular formula is C23H36O7. The number of carbonyl (C=O) groups is 2. The van der Waals surface area contributed by atoms with E-state index in [9.17, 15) is 24.9 Å². The number of ether oxygens (including phenoxy) is 2. The van der Waals surface area contributed by atoms with E-state index in [0.717, 1.165) is 5.57 Å². The summed E-state index contributed by atoms with van der Waals surface area (Å²) in [4.78, 5) is 24.2. The summed E-state index contributed by atoms with van der Waals surface area (Å²) in [5.41, 5.74) is 0.763. The van der Waals surface area contributed by atoms with E-state index in [-0.39, 0.29) is 54.2 Å². The fourth-order valence-electron chi connectivity index (χ4n) is 5.20. The molecule has 1 saturated heterocycles. The minimum Gasteiger partial charge on any atom is -0.462 e. The molecule has 0 bridgehead atoms. The maximum atomic E-state index is 12.5. The number of aliphatic hydroxyl groups is 3. The van der Waals surface area contributed by atoms with Crippen molar-refractivity contribution >= 4 is 11.9 Å². The van der Waals surface area contributed by atoms with Gasteiger partial charge >= 0.3 is 11.9 Å². The van der Waals surface area contributed by atoms with Crippen LogP contribution in [0, 0.1) is 23.7 Å². The highest BCUT2D eigenvalue weighted by molar-refractivity contribution is 5.72. The summed E-state index contributed by atoms with van der Waals surface area (Å²) in [6.07, 6.45) is 2.50. The lowest BCUT2D eigenvalue weighted by molar-refractivity contribution is -0.163. The van der Waals surface area contributed by atoms with Gasteiger partial charge in [0.1, 0.15) is 12.2 Å². The average molecular weight is 425 g/mol. The van der Waals surface area contributed by atoms with E-state index in [0.29, 0.717) is 38.5 Å². The molecule has 0 spiro atoms. The molecule has 0 amide bonds. The highest BCUT2D eigenvalue weighted by Crippen LogP contribution is 2.47. The molecule has 2 fully saturated rings.